The summed E-state index contributed by atoms with van der Waals surface area (Å²) in [6.45, 7) is 3.51. The number of nitrogens with one attached hydrogen (secondary N) is 1. The minimum Gasteiger partial charge on any atom is -0.465 e. The number of amides is 2. The van der Waals surface area contributed by atoms with Gasteiger partial charge < -0.3 is 15.0 Å². The molecule has 0 aliphatic carbocycles. The van der Waals surface area contributed by atoms with Gasteiger partial charge in [-0.3, -0.25) is 9.59 Å². The molecule has 1 aliphatic rings. The molecule has 1 aromatic carbocycles. The first-order valence-corrected chi connectivity index (χ1v) is 7.76. The van der Waals surface area contributed by atoms with Crippen LogP contribution in [0.25, 0.3) is 0 Å². The first-order chi connectivity index (χ1) is 11.0. The summed E-state index contributed by atoms with van der Waals surface area (Å²) in [7, 11) is 1.28. The van der Waals surface area contributed by atoms with E-state index in [1.165, 1.54) is 7.11 Å². The first-order valence-electron chi connectivity index (χ1n) is 7.76. The molecule has 6 heteroatoms. The van der Waals surface area contributed by atoms with Gasteiger partial charge in [-0.05, 0) is 30.9 Å². The van der Waals surface area contributed by atoms with Crippen LogP contribution >= 0.6 is 0 Å². The van der Waals surface area contributed by atoms with E-state index >= 15 is 0 Å². The molecule has 2 rings (SSSR count). The van der Waals surface area contributed by atoms with Crippen LogP contribution in [-0.2, 0) is 14.3 Å². The number of carbonyl (C=O) groups is 3. The normalized spacial score (nSPS) is 17.5. The molecule has 1 unspecified atom stereocenters. The van der Waals surface area contributed by atoms with E-state index in [2.05, 4.69) is 17.0 Å². The molecule has 1 atom stereocenters. The van der Waals surface area contributed by atoms with Crippen LogP contribution in [0, 0.1) is 5.92 Å². The van der Waals surface area contributed by atoms with Crippen molar-refractivity contribution in [2.45, 2.75) is 26.2 Å². The number of likely N-dealkylation sites (tertiary alicyclic amines) is 1. The molecule has 0 saturated carbocycles. The molecule has 0 bridgehead atoms. The summed E-state index contributed by atoms with van der Waals surface area (Å²) in [6, 6.07) is 6.56. The molecule has 6 nitrogen and oxygen atoms in total. The highest BCUT2D eigenvalue weighted by molar-refractivity contribution is 6.06. The fraction of sp³-hybridized carbons (Fsp3) is 0.471. The lowest BCUT2D eigenvalue weighted by molar-refractivity contribution is -0.136. The topological polar surface area (TPSA) is 75.7 Å². The summed E-state index contributed by atoms with van der Waals surface area (Å²) >= 11 is 0. The predicted molar refractivity (Wildman–Crippen MR) is 86.0 cm³/mol. The van der Waals surface area contributed by atoms with E-state index in [-0.39, 0.29) is 17.9 Å². The van der Waals surface area contributed by atoms with Crippen molar-refractivity contribution < 1.29 is 19.1 Å². The largest absolute Gasteiger partial charge is 0.465 e. The maximum atomic E-state index is 12.2. The van der Waals surface area contributed by atoms with Gasteiger partial charge in [0.1, 0.15) is 6.42 Å². The molecule has 0 spiro atoms. The van der Waals surface area contributed by atoms with Crippen molar-refractivity contribution in [2.75, 3.05) is 25.5 Å². The van der Waals surface area contributed by atoms with E-state index in [1.807, 2.05) is 0 Å². The molecular formula is C17H22N2O4. The molecule has 1 aliphatic heterocycles. The zero-order chi connectivity index (χ0) is 16.8. The molecule has 1 aromatic rings. The number of carbonyl (C=O) groups excluding carboxylic acids is 3. The van der Waals surface area contributed by atoms with E-state index in [0.29, 0.717) is 24.7 Å². The number of piperidine rings is 1. The number of para-hydroxylation sites is 1. The number of esters is 1. The lowest BCUT2D eigenvalue weighted by Gasteiger charge is -2.30. The van der Waals surface area contributed by atoms with Crippen molar-refractivity contribution in [2.24, 2.45) is 5.92 Å². The van der Waals surface area contributed by atoms with Crippen LogP contribution in [-0.4, -0.2) is 42.9 Å². The average Bonchev–Trinajstić information content (AvgIpc) is 2.54. The Morgan fingerprint density at radius 3 is 2.74 bits per heavy atom. The standard InChI is InChI=1S/C17H22N2O4/c1-12-6-5-9-19(11-12)16(21)10-15(20)18-14-8-4-3-7-13(14)17(22)23-2/h3-4,7-8,12H,5-6,9-11H2,1-2H3,(H,18,20). The van der Waals surface area contributed by atoms with Crippen molar-refractivity contribution in [1.82, 2.24) is 4.90 Å². The first kappa shape index (κ1) is 17.0. The average molecular weight is 318 g/mol. The van der Waals surface area contributed by atoms with Gasteiger partial charge in [0.25, 0.3) is 0 Å². The number of benzene rings is 1. The smallest absolute Gasteiger partial charge is 0.339 e. The summed E-state index contributed by atoms with van der Waals surface area (Å²) in [5.41, 5.74) is 0.617. The Kier molecular flexibility index (Phi) is 5.73. The van der Waals surface area contributed by atoms with Crippen LogP contribution in [0.15, 0.2) is 24.3 Å². The van der Waals surface area contributed by atoms with E-state index < -0.39 is 11.9 Å². The second kappa shape index (κ2) is 7.76. The van der Waals surface area contributed by atoms with Crippen LogP contribution in [0.1, 0.15) is 36.5 Å². The lowest BCUT2D eigenvalue weighted by Crippen LogP contribution is -2.40. The molecule has 1 saturated heterocycles. The Balaban J connectivity index is 1.97. The fourth-order valence-corrected chi connectivity index (χ4v) is 2.74. The third-order valence-electron chi connectivity index (χ3n) is 3.93. The van der Waals surface area contributed by atoms with Gasteiger partial charge in [0.2, 0.25) is 11.8 Å². The molecule has 124 valence electrons. The third-order valence-corrected chi connectivity index (χ3v) is 3.93. The van der Waals surface area contributed by atoms with Gasteiger partial charge in [-0.2, -0.15) is 0 Å². The van der Waals surface area contributed by atoms with Crippen molar-refractivity contribution >= 4 is 23.5 Å². The molecule has 0 radical (unpaired) electrons. The summed E-state index contributed by atoms with van der Waals surface area (Å²) in [5.74, 6) is -0.665. The SMILES string of the molecule is COC(=O)c1ccccc1NC(=O)CC(=O)N1CCCC(C)C1. The van der Waals surface area contributed by atoms with Gasteiger partial charge >= 0.3 is 5.97 Å². The Bertz CT molecular complexity index is 600. The van der Waals surface area contributed by atoms with Crippen LogP contribution in [0.3, 0.4) is 0 Å². The predicted octanol–water partition coefficient (Wildman–Crippen LogP) is 2.06. The van der Waals surface area contributed by atoms with Gasteiger partial charge in [-0.25, -0.2) is 4.79 Å². The Morgan fingerprint density at radius 1 is 1.30 bits per heavy atom. The Morgan fingerprint density at radius 2 is 2.04 bits per heavy atom. The maximum absolute atomic E-state index is 12.2. The van der Waals surface area contributed by atoms with Crippen LogP contribution in [0.2, 0.25) is 0 Å². The quantitative estimate of drug-likeness (QED) is 0.681. The molecule has 1 heterocycles. The molecule has 23 heavy (non-hydrogen) atoms. The molecular weight excluding hydrogens is 296 g/mol. The van der Waals surface area contributed by atoms with Crippen LogP contribution in [0.5, 0.6) is 0 Å². The summed E-state index contributed by atoms with van der Waals surface area (Å²) in [6.07, 6.45) is 1.87. The number of ether oxygens (including phenoxy) is 1. The lowest BCUT2D eigenvalue weighted by atomic mass is 10.00. The number of methoxy groups -OCH3 is 1. The Labute approximate surface area is 135 Å². The highest BCUT2D eigenvalue weighted by Crippen LogP contribution is 2.18. The van der Waals surface area contributed by atoms with Crippen LogP contribution in [0.4, 0.5) is 5.69 Å². The second-order valence-corrected chi connectivity index (χ2v) is 5.85. The highest BCUT2D eigenvalue weighted by atomic mass is 16.5. The highest BCUT2D eigenvalue weighted by Gasteiger charge is 2.23. The van der Waals surface area contributed by atoms with Crippen molar-refractivity contribution in [3.8, 4) is 0 Å². The van der Waals surface area contributed by atoms with Gasteiger partial charge in [0, 0.05) is 13.1 Å². The number of rotatable bonds is 4. The monoisotopic (exact) mass is 318 g/mol. The van der Waals surface area contributed by atoms with Gasteiger partial charge in [-0.1, -0.05) is 19.1 Å². The molecule has 2 amide bonds. The maximum Gasteiger partial charge on any atom is 0.339 e. The zero-order valence-electron chi connectivity index (χ0n) is 13.5. The minimum absolute atomic E-state index is 0.176. The van der Waals surface area contributed by atoms with E-state index in [4.69, 9.17) is 0 Å². The minimum atomic E-state index is -0.530. The number of hydrogen-bond acceptors (Lipinski definition) is 4. The summed E-state index contributed by atoms with van der Waals surface area (Å²) in [4.78, 5) is 37.7. The summed E-state index contributed by atoms with van der Waals surface area (Å²) in [5, 5.41) is 2.62. The van der Waals surface area contributed by atoms with Gasteiger partial charge in [-0.15, -0.1) is 0 Å². The summed E-state index contributed by atoms with van der Waals surface area (Å²) < 4.78 is 4.68. The zero-order valence-corrected chi connectivity index (χ0v) is 13.5. The van der Waals surface area contributed by atoms with Crippen molar-refractivity contribution in [3.05, 3.63) is 29.8 Å². The number of hydrogen-bond donors (Lipinski definition) is 1. The van der Waals surface area contributed by atoms with E-state index in [0.717, 1.165) is 12.8 Å². The van der Waals surface area contributed by atoms with E-state index in [9.17, 15) is 14.4 Å². The molecule has 1 fully saturated rings. The van der Waals surface area contributed by atoms with Gasteiger partial charge in [0.15, 0.2) is 0 Å². The van der Waals surface area contributed by atoms with E-state index in [1.54, 1.807) is 29.2 Å². The number of nitrogens with zero attached hydrogens (tertiary/aromatic N) is 1. The number of anilines is 1. The second-order valence-electron chi connectivity index (χ2n) is 5.85. The molecule has 1 N–H and O–H groups in total. The van der Waals surface area contributed by atoms with Gasteiger partial charge in [0.05, 0.1) is 18.4 Å². The van der Waals surface area contributed by atoms with Crippen molar-refractivity contribution in [1.29, 1.82) is 0 Å². The van der Waals surface area contributed by atoms with Crippen LogP contribution < -0.4 is 5.32 Å². The molecule has 0 aromatic heterocycles. The Hall–Kier alpha value is -2.37. The third kappa shape index (κ3) is 4.55. The fourth-order valence-electron chi connectivity index (χ4n) is 2.74. The van der Waals surface area contributed by atoms with Crippen molar-refractivity contribution in [3.63, 3.8) is 0 Å².